The molecule has 2 nitrogen and oxygen atoms in total. The van der Waals surface area contributed by atoms with Gasteiger partial charge in [0.25, 0.3) is 0 Å². The first-order valence-corrected chi connectivity index (χ1v) is 7.56. The molecule has 112 valence electrons. The summed E-state index contributed by atoms with van der Waals surface area (Å²) in [6.45, 7) is 3.48. The van der Waals surface area contributed by atoms with Gasteiger partial charge in [-0.3, -0.25) is 0 Å². The van der Waals surface area contributed by atoms with E-state index in [1.54, 1.807) is 0 Å². The Bertz CT molecular complexity index is 284. The Labute approximate surface area is 118 Å². The first kappa shape index (κ1) is 15.4. The lowest BCUT2D eigenvalue weighted by atomic mass is 9.81. The number of rotatable bonds is 3. The lowest BCUT2D eigenvalue weighted by Crippen LogP contribution is -2.47. The molecule has 0 N–H and O–H groups in total. The van der Waals surface area contributed by atoms with Gasteiger partial charge in [0.2, 0.25) is 0 Å². The van der Waals surface area contributed by atoms with Gasteiger partial charge in [0.1, 0.15) is 0 Å². The second kappa shape index (κ2) is 6.22. The van der Waals surface area contributed by atoms with Gasteiger partial charge in [0.05, 0.1) is 5.92 Å². The van der Waals surface area contributed by atoms with Crippen LogP contribution in [0.25, 0.3) is 0 Å². The standard InChI is InChI=1S/C13H22F3NOS/c14-13(15,16)11-1-5-17(6-2-11)9-12(10-19)3-7-18-8-4-12/h11,19H,1-10H2. The first-order chi connectivity index (χ1) is 8.95. The maximum atomic E-state index is 12.6. The molecule has 2 heterocycles. The predicted molar refractivity (Wildman–Crippen MR) is 71.6 cm³/mol. The molecular weight excluding hydrogens is 275 g/mol. The van der Waals surface area contributed by atoms with Crippen LogP contribution in [-0.4, -0.2) is 49.7 Å². The molecule has 0 radical (unpaired) electrons. The van der Waals surface area contributed by atoms with Gasteiger partial charge in [0.15, 0.2) is 0 Å². The molecule has 0 atom stereocenters. The van der Waals surface area contributed by atoms with Gasteiger partial charge in [-0.1, -0.05) is 0 Å². The van der Waals surface area contributed by atoms with E-state index in [9.17, 15) is 13.2 Å². The molecule has 19 heavy (non-hydrogen) atoms. The predicted octanol–water partition coefficient (Wildman–Crippen LogP) is 2.99. The third-order valence-corrected chi connectivity index (χ3v) is 5.17. The molecule has 0 aromatic heterocycles. The molecule has 0 bridgehead atoms. The highest BCUT2D eigenvalue weighted by Gasteiger charge is 2.42. The Balaban J connectivity index is 1.84. The average Bonchev–Trinajstić information content (AvgIpc) is 2.39. The molecule has 6 heteroatoms. The van der Waals surface area contributed by atoms with Crippen molar-refractivity contribution in [2.24, 2.45) is 11.3 Å². The maximum Gasteiger partial charge on any atom is 0.391 e. The van der Waals surface area contributed by atoms with Crippen molar-refractivity contribution in [3.63, 3.8) is 0 Å². The molecule has 2 rings (SSSR count). The van der Waals surface area contributed by atoms with E-state index in [0.29, 0.717) is 13.1 Å². The van der Waals surface area contributed by atoms with Gasteiger partial charge in [-0.2, -0.15) is 25.8 Å². The SMILES string of the molecule is FC(F)(F)C1CCN(CC2(CS)CCOCC2)CC1. The molecule has 2 aliphatic rings. The minimum absolute atomic E-state index is 0.131. The molecule has 0 aromatic rings. The normalized spacial score (nSPS) is 26.5. The fourth-order valence-electron chi connectivity index (χ4n) is 3.06. The van der Waals surface area contributed by atoms with Crippen LogP contribution in [0.4, 0.5) is 13.2 Å². The van der Waals surface area contributed by atoms with E-state index in [1.807, 2.05) is 0 Å². The summed E-state index contributed by atoms with van der Waals surface area (Å²) in [5.41, 5.74) is 0.131. The van der Waals surface area contributed by atoms with Crippen molar-refractivity contribution in [1.29, 1.82) is 0 Å². The average molecular weight is 297 g/mol. The number of ether oxygens (including phenoxy) is 1. The Morgan fingerprint density at radius 2 is 1.74 bits per heavy atom. The molecule has 0 saturated carbocycles. The zero-order chi connectivity index (χ0) is 13.9. The van der Waals surface area contributed by atoms with Gasteiger partial charge in [-0.15, -0.1) is 0 Å². The summed E-state index contributed by atoms with van der Waals surface area (Å²) in [5, 5.41) is 0. The molecule has 2 aliphatic heterocycles. The van der Waals surface area contributed by atoms with E-state index in [2.05, 4.69) is 17.5 Å². The van der Waals surface area contributed by atoms with E-state index in [-0.39, 0.29) is 18.3 Å². The Morgan fingerprint density at radius 1 is 1.16 bits per heavy atom. The van der Waals surface area contributed by atoms with Crippen LogP contribution in [0.1, 0.15) is 25.7 Å². The van der Waals surface area contributed by atoms with Crippen LogP contribution in [0.15, 0.2) is 0 Å². The van der Waals surface area contributed by atoms with Crippen LogP contribution in [-0.2, 0) is 4.74 Å². The number of thiol groups is 1. The number of likely N-dealkylation sites (tertiary alicyclic amines) is 1. The van der Waals surface area contributed by atoms with Crippen LogP contribution in [0, 0.1) is 11.3 Å². The molecule has 0 aromatic carbocycles. The topological polar surface area (TPSA) is 12.5 Å². The summed E-state index contributed by atoms with van der Waals surface area (Å²) in [6.07, 6.45) is -1.61. The summed E-state index contributed by atoms with van der Waals surface area (Å²) in [4.78, 5) is 2.18. The number of nitrogens with zero attached hydrogens (tertiary/aromatic N) is 1. The van der Waals surface area contributed by atoms with Gasteiger partial charge in [0, 0.05) is 19.8 Å². The van der Waals surface area contributed by atoms with E-state index in [1.165, 1.54) is 0 Å². The number of alkyl halides is 3. The van der Waals surface area contributed by atoms with Gasteiger partial charge in [-0.05, 0) is 49.9 Å². The van der Waals surface area contributed by atoms with Crippen LogP contribution in [0.3, 0.4) is 0 Å². The first-order valence-electron chi connectivity index (χ1n) is 6.93. The Morgan fingerprint density at radius 3 is 2.21 bits per heavy atom. The number of piperidine rings is 1. The molecule has 2 saturated heterocycles. The molecular formula is C13H22F3NOS. The highest BCUT2D eigenvalue weighted by atomic mass is 32.1. The van der Waals surface area contributed by atoms with Crippen molar-refractivity contribution in [1.82, 2.24) is 4.90 Å². The fraction of sp³-hybridized carbons (Fsp3) is 1.00. The summed E-state index contributed by atoms with van der Waals surface area (Å²) in [6, 6.07) is 0. The zero-order valence-corrected chi connectivity index (χ0v) is 12.0. The molecule has 0 spiro atoms. The molecule has 2 fully saturated rings. The van der Waals surface area contributed by atoms with E-state index in [0.717, 1.165) is 38.4 Å². The minimum atomic E-state index is -4.02. The minimum Gasteiger partial charge on any atom is -0.381 e. The van der Waals surface area contributed by atoms with E-state index >= 15 is 0 Å². The van der Waals surface area contributed by atoms with E-state index in [4.69, 9.17) is 4.74 Å². The third kappa shape index (κ3) is 4.02. The second-order valence-electron chi connectivity index (χ2n) is 5.86. The number of hydrogen-bond donors (Lipinski definition) is 1. The van der Waals surface area contributed by atoms with E-state index < -0.39 is 12.1 Å². The van der Waals surface area contributed by atoms with Crippen LogP contribution < -0.4 is 0 Å². The van der Waals surface area contributed by atoms with Crippen LogP contribution in [0.2, 0.25) is 0 Å². The lowest BCUT2D eigenvalue weighted by molar-refractivity contribution is -0.185. The highest BCUT2D eigenvalue weighted by Crippen LogP contribution is 2.37. The van der Waals surface area contributed by atoms with Gasteiger partial charge < -0.3 is 9.64 Å². The smallest absolute Gasteiger partial charge is 0.381 e. The third-order valence-electron chi connectivity index (χ3n) is 4.50. The molecule has 0 unspecified atom stereocenters. The molecule has 0 amide bonds. The van der Waals surface area contributed by atoms with Crippen molar-refractivity contribution in [2.75, 3.05) is 38.6 Å². The lowest BCUT2D eigenvalue weighted by Gasteiger charge is -2.42. The summed E-state index contributed by atoms with van der Waals surface area (Å²) in [7, 11) is 0. The van der Waals surface area contributed by atoms with Crippen LogP contribution >= 0.6 is 12.6 Å². The van der Waals surface area contributed by atoms with Crippen molar-refractivity contribution in [3.8, 4) is 0 Å². The van der Waals surface area contributed by atoms with Gasteiger partial charge in [-0.25, -0.2) is 0 Å². The van der Waals surface area contributed by atoms with Crippen molar-refractivity contribution in [3.05, 3.63) is 0 Å². The Kier molecular flexibility index (Phi) is 5.06. The largest absolute Gasteiger partial charge is 0.391 e. The zero-order valence-electron chi connectivity index (χ0n) is 11.1. The van der Waals surface area contributed by atoms with Crippen LogP contribution in [0.5, 0.6) is 0 Å². The highest BCUT2D eigenvalue weighted by molar-refractivity contribution is 7.80. The fourth-order valence-corrected chi connectivity index (χ4v) is 3.48. The number of hydrogen-bond acceptors (Lipinski definition) is 3. The summed E-state index contributed by atoms with van der Waals surface area (Å²) >= 11 is 4.45. The second-order valence-corrected chi connectivity index (χ2v) is 6.18. The monoisotopic (exact) mass is 297 g/mol. The summed E-state index contributed by atoms with van der Waals surface area (Å²) in [5.74, 6) is -0.319. The quantitative estimate of drug-likeness (QED) is 0.804. The Hall–Kier alpha value is 0.0600. The van der Waals surface area contributed by atoms with Crippen molar-refractivity contribution in [2.45, 2.75) is 31.9 Å². The summed E-state index contributed by atoms with van der Waals surface area (Å²) < 4.78 is 43.2. The van der Waals surface area contributed by atoms with Crippen molar-refractivity contribution < 1.29 is 17.9 Å². The van der Waals surface area contributed by atoms with Crippen molar-refractivity contribution >= 4 is 12.6 Å². The number of halogens is 3. The molecule has 0 aliphatic carbocycles. The van der Waals surface area contributed by atoms with Gasteiger partial charge >= 0.3 is 6.18 Å². The maximum absolute atomic E-state index is 12.6.